The fraction of sp³-hybridized carbons (Fsp3) is 0.412. The van der Waals surface area contributed by atoms with Crippen LogP contribution >= 0.6 is 0 Å². The first-order valence-electron chi connectivity index (χ1n) is 7.67. The second kappa shape index (κ2) is 6.12. The number of halogens is 1. The van der Waals surface area contributed by atoms with Gasteiger partial charge >= 0.3 is 0 Å². The average molecular weight is 317 g/mol. The van der Waals surface area contributed by atoms with E-state index in [0.717, 1.165) is 11.1 Å². The second-order valence-corrected chi connectivity index (χ2v) is 6.27. The van der Waals surface area contributed by atoms with Crippen molar-refractivity contribution in [1.29, 1.82) is 0 Å². The number of aliphatic hydroxyl groups is 1. The number of nitrogens with one attached hydrogen (secondary N) is 1. The lowest BCUT2D eigenvalue weighted by atomic mass is 9.75. The highest BCUT2D eigenvalue weighted by Crippen LogP contribution is 2.38. The molecule has 2 N–H and O–H groups in total. The Bertz CT molecular complexity index is 722. The maximum absolute atomic E-state index is 14.0. The molecule has 1 heterocycles. The average Bonchev–Trinajstić information content (AvgIpc) is 2.88. The van der Waals surface area contributed by atoms with Crippen LogP contribution in [0.2, 0.25) is 0 Å². The predicted octanol–water partition coefficient (Wildman–Crippen LogP) is 2.11. The van der Waals surface area contributed by atoms with Gasteiger partial charge in [-0.2, -0.15) is 5.10 Å². The van der Waals surface area contributed by atoms with Gasteiger partial charge in [0.15, 0.2) is 0 Å². The van der Waals surface area contributed by atoms with Crippen molar-refractivity contribution >= 4 is 5.91 Å². The lowest BCUT2D eigenvalue weighted by Crippen LogP contribution is -2.41. The van der Waals surface area contributed by atoms with Gasteiger partial charge in [-0.25, -0.2) is 4.39 Å². The number of benzene rings is 1. The Hall–Kier alpha value is -2.21. The third-order valence-electron chi connectivity index (χ3n) is 4.36. The Morgan fingerprint density at radius 2 is 2.22 bits per heavy atom. The molecule has 1 atom stereocenters. The third kappa shape index (κ3) is 3.27. The molecule has 0 saturated heterocycles. The molecule has 1 fully saturated rings. The fourth-order valence-corrected chi connectivity index (χ4v) is 3.00. The molecule has 6 heteroatoms. The van der Waals surface area contributed by atoms with E-state index in [1.54, 1.807) is 30.9 Å². The van der Waals surface area contributed by atoms with Gasteiger partial charge in [-0.3, -0.25) is 9.48 Å². The molecule has 1 aromatic carbocycles. The summed E-state index contributed by atoms with van der Waals surface area (Å²) in [5.41, 5.74) is 1.67. The van der Waals surface area contributed by atoms with E-state index in [0.29, 0.717) is 12.8 Å². The van der Waals surface area contributed by atoms with E-state index >= 15 is 0 Å². The molecule has 5 nitrogen and oxygen atoms in total. The molecule has 3 rings (SSSR count). The van der Waals surface area contributed by atoms with Gasteiger partial charge in [0.1, 0.15) is 5.82 Å². The summed E-state index contributed by atoms with van der Waals surface area (Å²) in [5, 5.41) is 16.6. The molecule has 0 radical (unpaired) electrons. The minimum Gasteiger partial charge on any atom is -0.393 e. The minimum absolute atomic E-state index is 0.0318. The zero-order valence-corrected chi connectivity index (χ0v) is 13.2. The number of carbonyl (C=O) groups is 1. The van der Waals surface area contributed by atoms with E-state index in [4.69, 9.17) is 0 Å². The number of aliphatic hydroxyl groups excluding tert-OH is 1. The summed E-state index contributed by atoms with van der Waals surface area (Å²) >= 11 is 0. The maximum atomic E-state index is 14.0. The first-order valence-corrected chi connectivity index (χ1v) is 7.67. The van der Waals surface area contributed by atoms with Gasteiger partial charge in [-0.1, -0.05) is 6.07 Å². The number of aryl methyl sites for hydroxylation is 2. The number of hydrogen-bond donors (Lipinski definition) is 2. The van der Waals surface area contributed by atoms with E-state index in [-0.39, 0.29) is 23.6 Å². The summed E-state index contributed by atoms with van der Waals surface area (Å²) in [6.07, 6.45) is 4.45. The van der Waals surface area contributed by atoms with Crippen molar-refractivity contribution in [2.45, 2.75) is 31.9 Å². The van der Waals surface area contributed by atoms with Crippen molar-refractivity contribution < 1.29 is 14.3 Å². The van der Waals surface area contributed by atoms with Crippen LogP contribution in [0.1, 0.15) is 40.4 Å². The Morgan fingerprint density at radius 3 is 2.78 bits per heavy atom. The van der Waals surface area contributed by atoms with E-state index < -0.39 is 11.7 Å². The number of hydrogen-bond acceptors (Lipinski definition) is 3. The van der Waals surface area contributed by atoms with Gasteiger partial charge in [-0.05, 0) is 43.4 Å². The Labute approximate surface area is 134 Å². The van der Waals surface area contributed by atoms with Crippen LogP contribution in [-0.4, -0.2) is 26.9 Å². The molecule has 1 amide bonds. The Balaban J connectivity index is 1.81. The zero-order valence-electron chi connectivity index (χ0n) is 13.2. The van der Waals surface area contributed by atoms with Crippen molar-refractivity contribution in [3.63, 3.8) is 0 Å². The van der Waals surface area contributed by atoms with Crippen LogP contribution < -0.4 is 5.32 Å². The van der Waals surface area contributed by atoms with Crippen molar-refractivity contribution in [2.75, 3.05) is 0 Å². The summed E-state index contributed by atoms with van der Waals surface area (Å²) in [7, 11) is 1.80. The molecule has 0 unspecified atom stereocenters. The summed E-state index contributed by atoms with van der Waals surface area (Å²) in [6, 6.07) is 4.28. The number of rotatable bonds is 4. The third-order valence-corrected chi connectivity index (χ3v) is 4.36. The van der Waals surface area contributed by atoms with Gasteiger partial charge in [0, 0.05) is 18.8 Å². The summed E-state index contributed by atoms with van der Waals surface area (Å²) in [5.74, 6) is -0.842. The lowest BCUT2D eigenvalue weighted by molar-refractivity contribution is 0.0234. The highest BCUT2D eigenvalue weighted by Gasteiger charge is 2.36. The number of amides is 1. The topological polar surface area (TPSA) is 67.2 Å². The molecular weight excluding hydrogens is 297 g/mol. The molecule has 0 bridgehead atoms. The molecule has 2 aromatic rings. The molecule has 0 spiro atoms. The largest absolute Gasteiger partial charge is 0.393 e. The van der Waals surface area contributed by atoms with Crippen LogP contribution in [0.4, 0.5) is 4.39 Å². The van der Waals surface area contributed by atoms with Crippen LogP contribution in [-0.2, 0) is 7.05 Å². The van der Waals surface area contributed by atoms with E-state index in [1.807, 2.05) is 6.20 Å². The molecule has 0 aliphatic heterocycles. The van der Waals surface area contributed by atoms with Crippen molar-refractivity contribution in [1.82, 2.24) is 15.1 Å². The SMILES string of the molecule is Cc1ccc(C(=O)N[C@@H](c2cnn(C)c2)C2CC(O)C2)c(F)c1. The standard InChI is InChI=1S/C17H20FN3O2/c1-10-3-4-14(15(18)5-10)17(23)20-16(11-6-13(22)7-11)12-8-19-21(2)9-12/h3-5,8-9,11,13,16,22H,6-7H2,1-2H3,(H,20,23)/t11?,13?,16-/m1/s1. The Morgan fingerprint density at radius 1 is 1.48 bits per heavy atom. The summed E-state index contributed by atoms with van der Waals surface area (Å²) in [4.78, 5) is 12.5. The van der Waals surface area contributed by atoms with E-state index in [9.17, 15) is 14.3 Å². The lowest BCUT2D eigenvalue weighted by Gasteiger charge is -2.37. The molecule has 1 saturated carbocycles. The first kappa shape index (κ1) is 15.7. The highest BCUT2D eigenvalue weighted by molar-refractivity contribution is 5.94. The summed E-state index contributed by atoms with van der Waals surface area (Å²) in [6.45, 7) is 1.78. The maximum Gasteiger partial charge on any atom is 0.254 e. The summed E-state index contributed by atoms with van der Waals surface area (Å²) < 4.78 is 15.7. The molecular formula is C17H20FN3O2. The van der Waals surface area contributed by atoms with Crippen LogP contribution in [0.25, 0.3) is 0 Å². The van der Waals surface area contributed by atoms with Crippen LogP contribution in [0.15, 0.2) is 30.6 Å². The van der Waals surface area contributed by atoms with Gasteiger partial charge in [0.2, 0.25) is 0 Å². The van der Waals surface area contributed by atoms with Gasteiger partial charge in [0.25, 0.3) is 5.91 Å². The minimum atomic E-state index is -0.527. The van der Waals surface area contributed by atoms with Crippen molar-refractivity contribution in [2.24, 2.45) is 13.0 Å². The van der Waals surface area contributed by atoms with Gasteiger partial charge < -0.3 is 10.4 Å². The molecule has 122 valence electrons. The smallest absolute Gasteiger partial charge is 0.254 e. The molecule has 23 heavy (non-hydrogen) atoms. The van der Waals surface area contributed by atoms with Crippen molar-refractivity contribution in [3.05, 3.63) is 53.1 Å². The first-order chi connectivity index (χ1) is 10.9. The van der Waals surface area contributed by atoms with Crippen LogP contribution in [0, 0.1) is 18.7 Å². The van der Waals surface area contributed by atoms with E-state index in [2.05, 4.69) is 10.4 Å². The molecule has 1 aliphatic rings. The van der Waals surface area contributed by atoms with Crippen molar-refractivity contribution in [3.8, 4) is 0 Å². The monoisotopic (exact) mass is 317 g/mol. The number of carbonyl (C=O) groups excluding carboxylic acids is 1. The number of nitrogens with zero attached hydrogens (tertiary/aromatic N) is 2. The fourth-order valence-electron chi connectivity index (χ4n) is 3.00. The Kier molecular flexibility index (Phi) is 4.17. The van der Waals surface area contributed by atoms with Crippen LogP contribution in [0.3, 0.4) is 0 Å². The highest BCUT2D eigenvalue weighted by atomic mass is 19.1. The second-order valence-electron chi connectivity index (χ2n) is 6.27. The van der Waals surface area contributed by atoms with Gasteiger partial charge in [0.05, 0.1) is 23.9 Å². The zero-order chi connectivity index (χ0) is 16.6. The van der Waals surface area contributed by atoms with Crippen LogP contribution in [0.5, 0.6) is 0 Å². The normalized spacial score (nSPS) is 21.6. The van der Waals surface area contributed by atoms with Gasteiger partial charge in [-0.15, -0.1) is 0 Å². The molecule has 1 aliphatic carbocycles. The quantitative estimate of drug-likeness (QED) is 0.907. The predicted molar refractivity (Wildman–Crippen MR) is 83.3 cm³/mol. The molecule has 1 aromatic heterocycles. The van der Waals surface area contributed by atoms with E-state index in [1.165, 1.54) is 12.1 Å². The number of aromatic nitrogens is 2.